The molecule has 7 heteroatoms. The zero-order valence-corrected chi connectivity index (χ0v) is 15.9. The lowest BCUT2D eigenvalue weighted by Crippen LogP contribution is -2.54. The molecule has 0 bridgehead atoms. The molecule has 0 aliphatic carbocycles. The maximum absolute atomic E-state index is 13.3. The molecule has 2 heterocycles. The first-order valence-electron chi connectivity index (χ1n) is 9.82. The number of rotatable bonds is 6. The number of hydrogen-bond donors (Lipinski definition) is 2. The second-order valence-electron chi connectivity index (χ2n) is 7.49. The zero-order valence-electron chi connectivity index (χ0n) is 15.9. The highest BCUT2D eigenvalue weighted by atomic mass is 19.1. The van der Waals surface area contributed by atoms with Gasteiger partial charge in [0.25, 0.3) is 0 Å². The quantitative estimate of drug-likeness (QED) is 0.793. The molecule has 2 fully saturated rings. The Morgan fingerprint density at radius 1 is 1.30 bits per heavy atom. The van der Waals surface area contributed by atoms with E-state index in [2.05, 4.69) is 15.5 Å². The molecule has 2 amide bonds. The van der Waals surface area contributed by atoms with Gasteiger partial charge in [0, 0.05) is 38.3 Å². The van der Waals surface area contributed by atoms with E-state index in [1.54, 1.807) is 12.1 Å². The first-order chi connectivity index (χ1) is 13.0. The molecule has 6 nitrogen and oxygen atoms in total. The highest BCUT2D eigenvalue weighted by Gasteiger charge is 2.28. The fraction of sp³-hybridized carbons (Fsp3) is 0.600. The maximum Gasteiger partial charge on any atom is 0.241 e. The van der Waals surface area contributed by atoms with Crippen LogP contribution in [0.25, 0.3) is 0 Å². The number of amides is 2. The Morgan fingerprint density at radius 3 is 2.74 bits per heavy atom. The van der Waals surface area contributed by atoms with Gasteiger partial charge in [-0.05, 0) is 57.0 Å². The number of carbonyl (C=O) groups is 2. The summed E-state index contributed by atoms with van der Waals surface area (Å²) in [5.74, 6) is 0.315. The van der Waals surface area contributed by atoms with Crippen LogP contribution in [0.2, 0.25) is 0 Å². The van der Waals surface area contributed by atoms with Gasteiger partial charge in [-0.15, -0.1) is 0 Å². The lowest BCUT2D eigenvalue weighted by molar-refractivity contribution is -0.134. The molecule has 2 aliphatic rings. The number of piperazine rings is 1. The number of carbonyl (C=O) groups excluding carboxylic acids is 2. The Hall–Kier alpha value is -1.99. The summed E-state index contributed by atoms with van der Waals surface area (Å²) in [7, 11) is 0. The van der Waals surface area contributed by atoms with Crippen molar-refractivity contribution in [2.24, 2.45) is 5.92 Å². The van der Waals surface area contributed by atoms with Gasteiger partial charge in [-0.3, -0.25) is 14.5 Å². The van der Waals surface area contributed by atoms with E-state index >= 15 is 0 Å². The van der Waals surface area contributed by atoms with Crippen LogP contribution in [-0.2, 0) is 9.59 Å². The molecule has 0 aromatic heterocycles. The van der Waals surface area contributed by atoms with E-state index in [1.807, 2.05) is 11.8 Å². The number of anilines is 1. The zero-order chi connectivity index (χ0) is 19.2. The normalized spacial score (nSPS) is 21.9. The molecule has 27 heavy (non-hydrogen) atoms. The fourth-order valence-corrected chi connectivity index (χ4v) is 3.78. The third kappa shape index (κ3) is 5.49. The predicted octanol–water partition coefficient (Wildman–Crippen LogP) is 1.69. The molecule has 2 atom stereocenters. The Bertz CT molecular complexity index is 655. The van der Waals surface area contributed by atoms with Crippen molar-refractivity contribution < 1.29 is 14.0 Å². The second kappa shape index (κ2) is 9.28. The summed E-state index contributed by atoms with van der Waals surface area (Å²) in [6, 6.07) is 5.57. The first kappa shape index (κ1) is 19.8. The summed E-state index contributed by atoms with van der Waals surface area (Å²) in [5, 5.41) is 6.09. The third-order valence-corrected chi connectivity index (χ3v) is 5.62. The minimum Gasteiger partial charge on any atom is -0.340 e. The van der Waals surface area contributed by atoms with Crippen molar-refractivity contribution in [1.82, 2.24) is 15.1 Å². The van der Waals surface area contributed by atoms with Gasteiger partial charge < -0.3 is 15.5 Å². The number of nitrogens with one attached hydrogen (secondary N) is 2. The molecule has 2 aliphatic heterocycles. The van der Waals surface area contributed by atoms with Crippen LogP contribution in [0, 0.1) is 11.7 Å². The Balaban J connectivity index is 1.42. The van der Waals surface area contributed by atoms with E-state index in [-0.39, 0.29) is 23.7 Å². The monoisotopic (exact) mass is 376 g/mol. The molecule has 1 aromatic rings. The fourth-order valence-electron chi connectivity index (χ4n) is 3.78. The van der Waals surface area contributed by atoms with Gasteiger partial charge in [-0.1, -0.05) is 6.07 Å². The molecular weight excluding hydrogens is 347 g/mol. The second-order valence-corrected chi connectivity index (χ2v) is 7.49. The maximum atomic E-state index is 13.3. The number of halogens is 1. The average Bonchev–Trinajstić information content (AvgIpc) is 3.19. The van der Waals surface area contributed by atoms with Crippen LogP contribution < -0.4 is 10.6 Å². The van der Waals surface area contributed by atoms with Crippen LogP contribution >= 0.6 is 0 Å². The van der Waals surface area contributed by atoms with Crippen molar-refractivity contribution in [3.8, 4) is 0 Å². The van der Waals surface area contributed by atoms with Crippen LogP contribution in [0.1, 0.15) is 26.2 Å². The Morgan fingerprint density at radius 2 is 2.07 bits per heavy atom. The highest BCUT2D eigenvalue weighted by molar-refractivity contribution is 5.94. The van der Waals surface area contributed by atoms with Crippen LogP contribution in [0.4, 0.5) is 10.1 Å². The van der Waals surface area contributed by atoms with Gasteiger partial charge in [0.05, 0.1) is 6.04 Å². The molecule has 0 spiro atoms. The highest BCUT2D eigenvalue weighted by Crippen LogP contribution is 2.17. The van der Waals surface area contributed by atoms with Crippen molar-refractivity contribution in [2.45, 2.75) is 32.2 Å². The molecule has 1 aromatic carbocycles. The average molecular weight is 376 g/mol. The van der Waals surface area contributed by atoms with Crippen LogP contribution in [0.15, 0.2) is 24.3 Å². The predicted molar refractivity (Wildman–Crippen MR) is 103 cm³/mol. The molecule has 0 radical (unpaired) electrons. The lowest BCUT2D eigenvalue weighted by atomic mass is 10.0. The largest absolute Gasteiger partial charge is 0.340 e. The third-order valence-electron chi connectivity index (χ3n) is 5.62. The standard InChI is InChI=1S/C20H29FN4O2/c1-15(20(27)23-18-4-2-3-17(21)13-18)24-9-11-25(12-10-24)19(26)6-5-16-7-8-22-14-16/h2-4,13,15-16,22H,5-12,14H2,1H3,(H,23,27). The minimum absolute atomic E-state index is 0.158. The van der Waals surface area contributed by atoms with E-state index < -0.39 is 0 Å². The van der Waals surface area contributed by atoms with Crippen LogP contribution in [0.5, 0.6) is 0 Å². The molecular formula is C20H29FN4O2. The van der Waals surface area contributed by atoms with Gasteiger partial charge >= 0.3 is 0 Å². The first-order valence-corrected chi connectivity index (χ1v) is 9.82. The van der Waals surface area contributed by atoms with Crippen LogP contribution in [0.3, 0.4) is 0 Å². The van der Waals surface area contributed by atoms with Gasteiger partial charge in [-0.2, -0.15) is 0 Å². The van der Waals surface area contributed by atoms with Crippen molar-refractivity contribution in [1.29, 1.82) is 0 Å². The molecule has 148 valence electrons. The van der Waals surface area contributed by atoms with Gasteiger partial charge in [0.1, 0.15) is 5.82 Å². The van der Waals surface area contributed by atoms with Crippen molar-refractivity contribution >= 4 is 17.5 Å². The minimum atomic E-state index is -0.374. The lowest BCUT2D eigenvalue weighted by Gasteiger charge is -2.37. The number of nitrogens with zero attached hydrogens (tertiary/aromatic N) is 2. The van der Waals surface area contributed by atoms with Gasteiger partial charge in [-0.25, -0.2) is 4.39 Å². The summed E-state index contributed by atoms with van der Waals surface area (Å²) >= 11 is 0. The van der Waals surface area contributed by atoms with Crippen molar-refractivity contribution in [3.63, 3.8) is 0 Å². The summed E-state index contributed by atoms with van der Waals surface area (Å²) in [6.45, 7) is 6.59. The summed E-state index contributed by atoms with van der Waals surface area (Å²) < 4.78 is 13.3. The van der Waals surface area contributed by atoms with Crippen molar-refractivity contribution in [2.75, 3.05) is 44.6 Å². The Kier molecular flexibility index (Phi) is 6.79. The summed E-state index contributed by atoms with van der Waals surface area (Å²) in [4.78, 5) is 28.8. The molecule has 0 saturated carbocycles. The van der Waals surface area contributed by atoms with Crippen molar-refractivity contribution in [3.05, 3.63) is 30.1 Å². The van der Waals surface area contributed by atoms with Gasteiger partial charge in [0.15, 0.2) is 0 Å². The molecule has 2 N–H and O–H groups in total. The molecule has 2 saturated heterocycles. The topological polar surface area (TPSA) is 64.7 Å². The smallest absolute Gasteiger partial charge is 0.241 e. The molecule has 3 rings (SSSR count). The van der Waals surface area contributed by atoms with E-state index in [0.29, 0.717) is 44.2 Å². The van der Waals surface area contributed by atoms with Crippen LogP contribution in [-0.4, -0.2) is 66.9 Å². The van der Waals surface area contributed by atoms with Gasteiger partial charge in [0.2, 0.25) is 11.8 Å². The van der Waals surface area contributed by atoms with E-state index in [0.717, 1.165) is 19.5 Å². The van der Waals surface area contributed by atoms with E-state index in [1.165, 1.54) is 18.6 Å². The number of benzene rings is 1. The summed E-state index contributed by atoms with van der Waals surface area (Å²) in [5.41, 5.74) is 0.460. The SMILES string of the molecule is CC(C(=O)Nc1cccc(F)c1)N1CCN(C(=O)CCC2CCNC2)CC1. The van der Waals surface area contributed by atoms with E-state index in [4.69, 9.17) is 0 Å². The molecule has 2 unspecified atom stereocenters. The van der Waals surface area contributed by atoms with E-state index in [9.17, 15) is 14.0 Å². The Labute approximate surface area is 160 Å². The summed E-state index contributed by atoms with van der Waals surface area (Å²) in [6.07, 6.45) is 2.74. The number of hydrogen-bond acceptors (Lipinski definition) is 4.